The Morgan fingerprint density at radius 3 is 2.40 bits per heavy atom. The van der Waals surface area contributed by atoms with Crippen LogP contribution in [-0.2, 0) is 21.7 Å². The number of hydrogen-bond donors (Lipinski definition) is 2. The van der Waals surface area contributed by atoms with Crippen molar-refractivity contribution < 1.29 is 27.9 Å². The van der Waals surface area contributed by atoms with E-state index in [0.29, 0.717) is 10.6 Å². The predicted molar refractivity (Wildman–Crippen MR) is 104 cm³/mol. The van der Waals surface area contributed by atoms with E-state index in [1.807, 2.05) is 0 Å². The van der Waals surface area contributed by atoms with Crippen LogP contribution in [0.1, 0.15) is 18.1 Å². The number of nitrogens with zero attached hydrogens (tertiary/aromatic N) is 1. The molecule has 0 saturated carbocycles. The van der Waals surface area contributed by atoms with Gasteiger partial charge in [0.2, 0.25) is 5.91 Å². The van der Waals surface area contributed by atoms with Crippen molar-refractivity contribution in [3.05, 3.63) is 64.7 Å². The van der Waals surface area contributed by atoms with Crippen LogP contribution in [0, 0.1) is 0 Å². The number of urea groups is 1. The number of amides is 4. The summed E-state index contributed by atoms with van der Waals surface area (Å²) in [4.78, 5) is 38.2. The van der Waals surface area contributed by atoms with Crippen LogP contribution < -0.4 is 15.4 Å². The van der Waals surface area contributed by atoms with Gasteiger partial charge in [-0.25, -0.2) is 4.79 Å². The summed E-state index contributed by atoms with van der Waals surface area (Å²) in [6.07, 6.45) is 0. The first-order valence-corrected chi connectivity index (χ1v) is 9.27. The lowest BCUT2D eigenvalue weighted by Crippen LogP contribution is -2.43. The minimum atomic E-state index is -2.97. The molecule has 1 heterocycles. The number of carbonyl (C=O) groups excluding carboxylic acids is 3. The Bertz CT molecular complexity index is 954. The second kappa shape index (κ2) is 8.66. The summed E-state index contributed by atoms with van der Waals surface area (Å²) in [6.45, 7) is -1.74. The number of benzene rings is 2. The number of nitrogens with one attached hydrogen (secondary N) is 2. The molecule has 1 aliphatic heterocycles. The minimum absolute atomic E-state index is 0.0763. The van der Waals surface area contributed by atoms with Crippen LogP contribution in [-0.4, -0.2) is 35.9 Å². The van der Waals surface area contributed by atoms with Gasteiger partial charge in [-0.15, -0.1) is 0 Å². The fourth-order valence-electron chi connectivity index (χ4n) is 3.01. The van der Waals surface area contributed by atoms with Crippen LogP contribution in [0.5, 0.6) is 5.75 Å². The zero-order valence-corrected chi connectivity index (χ0v) is 16.6. The molecule has 0 radical (unpaired) electrons. The Hall–Kier alpha value is -3.20. The van der Waals surface area contributed by atoms with Crippen molar-refractivity contribution in [3.63, 3.8) is 0 Å². The smallest absolute Gasteiger partial charge is 0.387 e. The molecule has 2 aromatic rings. The van der Waals surface area contributed by atoms with Crippen LogP contribution in [0.3, 0.4) is 0 Å². The third-order valence-corrected chi connectivity index (χ3v) is 4.89. The molecule has 1 saturated heterocycles. The van der Waals surface area contributed by atoms with Gasteiger partial charge in [-0.05, 0) is 42.3 Å². The van der Waals surface area contributed by atoms with Crippen molar-refractivity contribution in [3.8, 4) is 5.75 Å². The monoisotopic (exact) mass is 437 g/mol. The minimum Gasteiger partial charge on any atom is -0.435 e. The van der Waals surface area contributed by atoms with Crippen molar-refractivity contribution in [2.75, 3.05) is 6.54 Å². The molecular weight excluding hydrogens is 420 g/mol. The molecule has 0 spiro atoms. The molecule has 30 heavy (non-hydrogen) atoms. The van der Waals surface area contributed by atoms with Gasteiger partial charge in [0.15, 0.2) is 0 Å². The van der Waals surface area contributed by atoms with Gasteiger partial charge in [-0.1, -0.05) is 35.9 Å². The first-order chi connectivity index (χ1) is 14.2. The molecule has 1 aliphatic rings. The Labute approximate surface area is 175 Å². The SMILES string of the molecule is C[C@]1(c2ccc(OC(F)F)cc2)NC(=O)N(CC(=O)NCc2ccc(Cl)cc2)C1=O. The first kappa shape index (κ1) is 21.5. The van der Waals surface area contributed by atoms with Crippen molar-refractivity contribution in [2.45, 2.75) is 25.6 Å². The van der Waals surface area contributed by atoms with Gasteiger partial charge in [0.1, 0.15) is 17.8 Å². The lowest BCUT2D eigenvalue weighted by molar-refractivity contribution is -0.134. The summed E-state index contributed by atoms with van der Waals surface area (Å²) < 4.78 is 28.9. The first-order valence-electron chi connectivity index (χ1n) is 8.89. The average Bonchev–Trinajstić information content (AvgIpc) is 2.91. The quantitative estimate of drug-likeness (QED) is 0.652. The summed E-state index contributed by atoms with van der Waals surface area (Å²) in [5, 5.41) is 5.75. The van der Waals surface area contributed by atoms with Crippen LogP contribution >= 0.6 is 11.6 Å². The molecular formula is C20H18ClF2N3O4. The molecule has 1 fully saturated rings. The second-order valence-corrected chi connectivity index (χ2v) is 7.19. The molecule has 7 nitrogen and oxygen atoms in total. The van der Waals surface area contributed by atoms with Crippen molar-refractivity contribution in [1.82, 2.24) is 15.5 Å². The van der Waals surface area contributed by atoms with Gasteiger partial charge in [-0.2, -0.15) is 8.78 Å². The van der Waals surface area contributed by atoms with E-state index in [2.05, 4.69) is 15.4 Å². The van der Waals surface area contributed by atoms with Gasteiger partial charge < -0.3 is 15.4 Å². The van der Waals surface area contributed by atoms with Gasteiger partial charge >= 0.3 is 12.6 Å². The van der Waals surface area contributed by atoms with E-state index >= 15 is 0 Å². The molecule has 0 aromatic heterocycles. The van der Waals surface area contributed by atoms with Crippen molar-refractivity contribution >= 4 is 29.4 Å². The maximum atomic E-state index is 12.8. The van der Waals surface area contributed by atoms with E-state index in [1.54, 1.807) is 24.3 Å². The highest BCUT2D eigenvalue weighted by Crippen LogP contribution is 2.30. The zero-order valence-electron chi connectivity index (χ0n) is 15.8. The number of alkyl halides is 2. The second-order valence-electron chi connectivity index (χ2n) is 6.75. The number of rotatable bonds is 7. The molecule has 0 bridgehead atoms. The maximum absolute atomic E-state index is 12.8. The van der Waals surface area contributed by atoms with E-state index < -0.39 is 36.5 Å². The molecule has 0 unspecified atom stereocenters. The Kier molecular flexibility index (Phi) is 6.21. The van der Waals surface area contributed by atoms with E-state index in [-0.39, 0.29) is 12.3 Å². The number of hydrogen-bond acceptors (Lipinski definition) is 4. The fourth-order valence-corrected chi connectivity index (χ4v) is 3.13. The van der Waals surface area contributed by atoms with Crippen LogP contribution in [0.2, 0.25) is 5.02 Å². The van der Waals surface area contributed by atoms with E-state index in [0.717, 1.165) is 10.5 Å². The van der Waals surface area contributed by atoms with E-state index in [9.17, 15) is 23.2 Å². The fraction of sp³-hybridized carbons (Fsp3) is 0.250. The van der Waals surface area contributed by atoms with Gasteiger partial charge in [0.05, 0.1) is 0 Å². The summed E-state index contributed by atoms with van der Waals surface area (Å²) in [7, 11) is 0. The standard InChI is InChI=1S/C20H18ClF2N3O4/c1-20(13-4-8-15(9-5-13)30-18(22)23)17(28)26(19(29)25-20)11-16(27)24-10-12-2-6-14(21)7-3-12/h2-9,18H,10-11H2,1H3,(H,24,27)(H,25,29)/t20-/m1/s1. The Morgan fingerprint density at radius 1 is 1.17 bits per heavy atom. The largest absolute Gasteiger partial charge is 0.435 e. The van der Waals surface area contributed by atoms with Gasteiger partial charge in [0.25, 0.3) is 5.91 Å². The zero-order chi connectivity index (χ0) is 21.9. The normalized spacial score (nSPS) is 18.5. The van der Waals surface area contributed by atoms with E-state index in [1.165, 1.54) is 31.2 Å². The molecule has 10 heteroatoms. The van der Waals surface area contributed by atoms with Crippen LogP contribution in [0.15, 0.2) is 48.5 Å². The summed E-state index contributed by atoms with van der Waals surface area (Å²) in [5.74, 6) is -1.22. The Balaban J connectivity index is 1.64. The lowest BCUT2D eigenvalue weighted by Gasteiger charge is -2.22. The molecule has 4 amide bonds. The number of ether oxygens (including phenoxy) is 1. The molecule has 3 rings (SSSR count). The summed E-state index contributed by atoms with van der Waals surface area (Å²) >= 11 is 5.81. The highest BCUT2D eigenvalue weighted by atomic mass is 35.5. The molecule has 0 aliphatic carbocycles. The van der Waals surface area contributed by atoms with Crippen molar-refractivity contribution in [2.24, 2.45) is 0 Å². The number of carbonyl (C=O) groups is 3. The highest BCUT2D eigenvalue weighted by Gasteiger charge is 2.49. The topological polar surface area (TPSA) is 87.7 Å². The third kappa shape index (κ3) is 4.68. The van der Waals surface area contributed by atoms with Crippen LogP contribution in [0.25, 0.3) is 0 Å². The maximum Gasteiger partial charge on any atom is 0.387 e. The highest BCUT2D eigenvalue weighted by molar-refractivity contribution is 6.30. The molecule has 2 aromatic carbocycles. The lowest BCUT2D eigenvalue weighted by atomic mass is 9.92. The molecule has 1 atom stereocenters. The summed E-state index contributed by atoms with van der Waals surface area (Å²) in [6, 6.07) is 11.5. The van der Waals surface area contributed by atoms with Gasteiger partial charge in [-0.3, -0.25) is 14.5 Å². The van der Waals surface area contributed by atoms with Gasteiger partial charge in [0, 0.05) is 11.6 Å². The van der Waals surface area contributed by atoms with E-state index in [4.69, 9.17) is 11.6 Å². The van der Waals surface area contributed by atoms with Crippen LogP contribution in [0.4, 0.5) is 13.6 Å². The molecule has 158 valence electrons. The van der Waals surface area contributed by atoms with Crippen molar-refractivity contribution in [1.29, 1.82) is 0 Å². The molecule has 2 N–H and O–H groups in total. The number of imide groups is 1. The third-order valence-electron chi connectivity index (χ3n) is 4.64. The number of halogens is 3. The Morgan fingerprint density at radius 2 is 1.80 bits per heavy atom. The predicted octanol–water partition coefficient (Wildman–Crippen LogP) is 3.02. The average molecular weight is 438 g/mol. The summed E-state index contributed by atoms with van der Waals surface area (Å²) in [5.41, 5.74) is -0.260.